The van der Waals surface area contributed by atoms with Gasteiger partial charge in [-0.2, -0.15) is 0 Å². The fourth-order valence-electron chi connectivity index (χ4n) is 2.59. The lowest BCUT2D eigenvalue weighted by atomic mass is 10.1. The lowest BCUT2D eigenvalue weighted by Crippen LogP contribution is -2.26. The van der Waals surface area contributed by atoms with Crippen molar-refractivity contribution in [3.63, 3.8) is 0 Å². The smallest absolute Gasteiger partial charge is 0.231 e. The first-order valence-corrected chi connectivity index (χ1v) is 8.32. The molecule has 0 atom stereocenters. The molecule has 1 aliphatic heterocycles. The van der Waals surface area contributed by atoms with Gasteiger partial charge in [0, 0.05) is 37.0 Å². The summed E-state index contributed by atoms with van der Waals surface area (Å²) in [5.74, 6) is 1.25. The first-order chi connectivity index (χ1) is 12.0. The molecule has 0 N–H and O–H groups in total. The summed E-state index contributed by atoms with van der Waals surface area (Å²) in [7, 11) is 1.72. The van der Waals surface area contributed by atoms with Crippen LogP contribution in [0.5, 0.6) is 11.5 Å². The number of ketones is 1. The summed E-state index contributed by atoms with van der Waals surface area (Å²) in [5, 5.41) is 0.580. The molecule has 25 heavy (non-hydrogen) atoms. The standard InChI is InChI=1S/C19H18ClNO4/c1-21(11-13-2-8-17-18(10-13)25-12-24-17)19(23)9-7-16(22)14-3-5-15(20)6-4-14/h2-6,8,10H,7,9,11-12H2,1H3. The van der Waals surface area contributed by atoms with Crippen molar-refractivity contribution in [3.05, 3.63) is 58.6 Å². The summed E-state index contributed by atoms with van der Waals surface area (Å²) in [4.78, 5) is 26.0. The molecular formula is C19H18ClNO4. The van der Waals surface area contributed by atoms with Crippen LogP contribution in [0, 0.1) is 0 Å². The van der Waals surface area contributed by atoms with Gasteiger partial charge in [-0.1, -0.05) is 17.7 Å². The maximum atomic E-state index is 12.3. The van der Waals surface area contributed by atoms with Gasteiger partial charge in [-0.3, -0.25) is 9.59 Å². The third kappa shape index (κ3) is 4.31. The molecule has 0 aromatic heterocycles. The fourth-order valence-corrected chi connectivity index (χ4v) is 2.72. The van der Waals surface area contributed by atoms with Gasteiger partial charge < -0.3 is 14.4 Å². The Morgan fingerprint density at radius 3 is 2.52 bits per heavy atom. The second kappa shape index (κ2) is 7.57. The minimum Gasteiger partial charge on any atom is -0.454 e. The summed E-state index contributed by atoms with van der Waals surface area (Å²) in [5.41, 5.74) is 1.51. The normalized spacial score (nSPS) is 12.1. The molecule has 1 heterocycles. The summed E-state index contributed by atoms with van der Waals surface area (Å²) < 4.78 is 10.6. The van der Waals surface area contributed by atoms with Gasteiger partial charge in [-0.05, 0) is 42.0 Å². The largest absolute Gasteiger partial charge is 0.454 e. The van der Waals surface area contributed by atoms with Crippen molar-refractivity contribution < 1.29 is 19.1 Å². The predicted octanol–water partition coefficient (Wildman–Crippen LogP) is 3.69. The highest BCUT2D eigenvalue weighted by Crippen LogP contribution is 2.32. The second-order valence-corrected chi connectivity index (χ2v) is 6.30. The van der Waals surface area contributed by atoms with Gasteiger partial charge in [0.05, 0.1) is 0 Å². The molecule has 1 aliphatic rings. The Labute approximate surface area is 151 Å². The molecule has 1 amide bonds. The lowest BCUT2D eigenvalue weighted by molar-refractivity contribution is -0.130. The number of benzene rings is 2. The number of hydrogen-bond donors (Lipinski definition) is 0. The van der Waals surface area contributed by atoms with Gasteiger partial charge in [0.25, 0.3) is 0 Å². The average molecular weight is 360 g/mol. The number of Topliss-reactive ketones (excluding diaryl/α,β-unsaturated/α-hetero) is 1. The van der Waals surface area contributed by atoms with E-state index in [0.29, 0.717) is 28.6 Å². The number of halogens is 1. The maximum absolute atomic E-state index is 12.3. The first-order valence-electron chi connectivity index (χ1n) is 7.94. The number of amides is 1. The van der Waals surface area contributed by atoms with Crippen LogP contribution in [-0.2, 0) is 11.3 Å². The van der Waals surface area contributed by atoms with Gasteiger partial charge in [0.1, 0.15) is 0 Å². The highest BCUT2D eigenvalue weighted by atomic mass is 35.5. The molecule has 0 saturated heterocycles. The van der Waals surface area contributed by atoms with Crippen LogP contribution in [0.3, 0.4) is 0 Å². The Morgan fingerprint density at radius 2 is 1.76 bits per heavy atom. The van der Waals surface area contributed by atoms with Crippen LogP contribution in [0.15, 0.2) is 42.5 Å². The van der Waals surface area contributed by atoms with Crippen LogP contribution in [0.4, 0.5) is 0 Å². The quantitative estimate of drug-likeness (QED) is 0.738. The van der Waals surface area contributed by atoms with E-state index in [1.54, 1.807) is 36.2 Å². The Hall–Kier alpha value is -2.53. The summed E-state index contributed by atoms with van der Waals surface area (Å²) in [6.45, 7) is 0.672. The van der Waals surface area contributed by atoms with E-state index in [4.69, 9.17) is 21.1 Å². The van der Waals surface area contributed by atoms with Gasteiger partial charge in [-0.25, -0.2) is 0 Å². The highest BCUT2D eigenvalue weighted by Gasteiger charge is 2.16. The van der Waals surface area contributed by atoms with Crippen LogP contribution in [-0.4, -0.2) is 30.4 Å². The van der Waals surface area contributed by atoms with Crippen molar-refractivity contribution in [2.75, 3.05) is 13.8 Å². The second-order valence-electron chi connectivity index (χ2n) is 5.87. The molecule has 130 valence electrons. The van der Waals surface area contributed by atoms with Gasteiger partial charge in [0.2, 0.25) is 12.7 Å². The summed E-state index contributed by atoms with van der Waals surface area (Å²) in [6, 6.07) is 12.3. The lowest BCUT2D eigenvalue weighted by Gasteiger charge is -2.17. The molecule has 6 heteroatoms. The highest BCUT2D eigenvalue weighted by molar-refractivity contribution is 6.30. The fraction of sp³-hybridized carbons (Fsp3) is 0.263. The molecule has 0 aliphatic carbocycles. The topological polar surface area (TPSA) is 55.8 Å². The number of ether oxygens (including phenoxy) is 2. The Balaban J connectivity index is 1.52. The first kappa shape index (κ1) is 17.3. The van der Waals surface area contributed by atoms with Gasteiger partial charge in [-0.15, -0.1) is 0 Å². The maximum Gasteiger partial charge on any atom is 0.231 e. The van der Waals surface area contributed by atoms with Crippen molar-refractivity contribution in [2.45, 2.75) is 19.4 Å². The molecule has 0 bridgehead atoms. The van der Waals surface area contributed by atoms with Crippen molar-refractivity contribution in [3.8, 4) is 11.5 Å². The van der Waals surface area contributed by atoms with Crippen LogP contribution in [0.1, 0.15) is 28.8 Å². The molecule has 0 fully saturated rings. The summed E-state index contributed by atoms with van der Waals surface area (Å²) >= 11 is 5.81. The van der Waals surface area contributed by atoms with Crippen LogP contribution >= 0.6 is 11.6 Å². The molecule has 5 nitrogen and oxygen atoms in total. The molecule has 2 aromatic rings. The number of rotatable bonds is 6. The molecule has 2 aromatic carbocycles. The van der Waals surface area contributed by atoms with E-state index in [9.17, 15) is 9.59 Å². The monoisotopic (exact) mass is 359 g/mol. The number of hydrogen-bond acceptors (Lipinski definition) is 4. The number of fused-ring (bicyclic) bond motifs is 1. The molecule has 0 unspecified atom stereocenters. The van der Waals surface area contributed by atoms with E-state index in [-0.39, 0.29) is 31.3 Å². The predicted molar refractivity (Wildman–Crippen MR) is 94.1 cm³/mol. The molecular weight excluding hydrogens is 342 g/mol. The van der Waals surface area contributed by atoms with Crippen LogP contribution in [0.2, 0.25) is 5.02 Å². The summed E-state index contributed by atoms with van der Waals surface area (Å²) in [6.07, 6.45) is 0.342. The van der Waals surface area contributed by atoms with Crippen molar-refractivity contribution >= 4 is 23.3 Å². The molecule has 0 spiro atoms. The van der Waals surface area contributed by atoms with Crippen molar-refractivity contribution in [1.29, 1.82) is 0 Å². The van der Waals surface area contributed by atoms with E-state index in [0.717, 1.165) is 5.56 Å². The van der Waals surface area contributed by atoms with Crippen molar-refractivity contribution in [1.82, 2.24) is 4.90 Å². The minimum absolute atomic E-state index is 0.0681. The number of nitrogens with zero attached hydrogens (tertiary/aromatic N) is 1. The zero-order valence-electron chi connectivity index (χ0n) is 13.8. The third-order valence-electron chi connectivity index (χ3n) is 4.01. The Kier molecular flexibility index (Phi) is 5.24. The van der Waals surface area contributed by atoms with Crippen LogP contribution in [0.25, 0.3) is 0 Å². The van der Waals surface area contributed by atoms with E-state index < -0.39 is 0 Å². The molecule has 3 rings (SSSR count). The Bertz CT molecular complexity index is 789. The van der Waals surface area contributed by atoms with Crippen molar-refractivity contribution in [2.24, 2.45) is 0 Å². The number of carbonyl (C=O) groups is 2. The SMILES string of the molecule is CN(Cc1ccc2c(c1)OCO2)C(=O)CCC(=O)c1ccc(Cl)cc1. The zero-order valence-corrected chi connectivity index (χ0v) is 14.6. The van der Waals surface area contributed by atoms with Gasteiger partial charge >= 0.3 is 0 Å². The van der Waals surface area contributed by atoms with E-state index >= 15 is 0 Å². The minimum atomic E-state index is -0.0834. The number of carbonyl (C=O) groups excluding carboxylic acids is 2. The average Bonchev–Trinajstić information content (AvgIpc) is 3.07. The van der Waals surface area contributed by atoms with E-state index in [1.165, 1.54) is 0 Å². The van der Waals surface area contributed by atoms with Crippen LogP contribution < -0.4 is 9.47 Å². The van der Waals surface area contributed by atoms with E-state index in [1.807, 2.05) is 18.2 Å². The molecule has 0 saturated carbocycles. The Morgan fingerprint density at radius 1 is 1.04 bits per heavy atom. The zero-order chi connectivity index (χ0) is 17.8. The van der Waals surface area contributed by atoms with E-state index in [2.05, 4.69) is 0 Å². The third-order valence-corrected chi connectivity index (χ3v) is 4.27. The molecule has 0 radical (unpaired) electrons. The van der Waals surface area contributed by atoms with Gasteiger partial charge in [0.15, 0.2) is 17.3 Å².